The first-order valence-corrected chi connectivity index (χ1v) is 10.1. The molecule has 2 aromatic carbocycles. The fourth-order valence-electron chi connectivity index (χ4n) is 2.91. The number of aromatic nitrogens is 1. The van der Waals surface area contributed by atoms with Crippen molar-refractivity contribution in [2.75, 3.05) is 19.8 Å². The number of fused-ring (bicyclic) bond motifs is 1. The monoisotopic (exact) mass is 409 g/mol. The zero-order valence-corrected chi connectivity index (χ0v) is 16.7. The van der Waals surface area contributed by atoms with E-state index in [2.05, 4.69) is 4.98 Å². The Morgan fingerprint density at radius 1 is 1.07 bits per heavy atom. The number of carbonyl (C=O) groups excluding carboxylic acids is 2. The van der Waals surface area contributed by atoms with Gasteiger partial charge in [0, 0.05) is 17.5 Å². The predicted molar refractivity (Wildman–Crippen MR) is 109 cm³/mol. The van der Waals surface area contributed by atoms with Gasteiger partial charge in [-0.1, -0.05) is 30.3 Å². The van der Waals surface area contributed by atoms with E-state index in [4.69, 9.17) is 14.2 Å². The largest absolute Gasteiger partial charge is 0.490 e. The van der Waals surface area contributed by atoms with Crippen LogP contribution in [0.2, 0.25) is 0 Å². The molecule has 1 aliphatic heterocycles. The highest BCUT2D eigenvalue weighted by molar-refractivity contribution is 7.17. The molecule has 0 unspecified atom stereocenters. The second kappa shape index (κ2) is 8.45. The standard InChI is InChI=1S/C22H19NO5S/c1-14-20(29-21(23-14)15-6-3-2-4-7-15)22(25)28-13-17(24)16-8-9-18-19(12-16)27-11-5-10-26-18/h2-4,6-9,12H,5,10-11,13H2,1H3. The summed E-state index contributed by atoms with van der Waals surface area (Å²) in [6, 6.07) is 14.6. The lowest BCUT2D eigenvalue weighted by Gasteiger charge is -2.09. The topological polar surface area (TPSA) is 74.7 Å². The lowest BCUT2D eigenvalue weighted by Crippen LogP contribution is -2.14. The average molecular weight is 409 g/mol. The van der Waals surface area contributed by atoms with Gasteiger partial charge in [0.2, 0.25) is 0 Å². The number of rotatable bonds is 5. The van der Waals surface area contributed by atoms with Gasteiger partial charge in [0.15, 0.2) is 23.9 Å². The van der Waals surface area contributed by atoms with E-state index in [-0.39, 0.29) is 12.4 Å². The number of aryl methyl sites for hydroxylation is 1. The highest BCUT2D eigenvalue weighted by Crippen LogP contribution is 2.31. The van der Waals surface area contributed by atoms with Crippen LogP contribution in [0.15, 0.2) is 48.5 Å². The Morgan fingerprint density at radius 2 is 1.83 bits per heavy atom. The van der Waals surface area contributed by atoms with Crippen LogP contribution in [0.4, 0.5) is 0 Å². The van der Waals surface area contributed by atoms with Crippen LogP contribution >= 0.6 is 11.3 Å². The fourth-order valence-corrected chi connectivity index (χ4v) is 3.87. The summed E-state index contributed by atoms with van der Waals surface area (Å²) < 4.78 is 16.4. The van der Waals surface area contributed by atoms with Gasteiger partial charge in [0.05, 0.1) is 18.9 Å². The molecule has 1 aliphatic rings. The van der Waals surface area contributed by atoms with Gasteiger partial charge in [-0.05, 0) is 25.1 Å². The maximum absolute atomic E-state index is 12.5. The van der Waals surface area contributed by atoms with E-state index in [1.165, 1.54) is 11.3 Å². The van der Waals surface area contributed by atoms with Crippen molar-refractivity contribution in [1.82, 2.24) is 4.98 Å². The van der Waals surface area contributed by atoms with E-state index in [1.54, 1.807) is 25.1 Å². The Bertz CT molecular complexity index is 1040. The third-order valence-electron chi connectivity index (χ3n) is 4.41. The summed E-state index contributed by atoms with van der Waals surface area (Å²) in [6.45, 7) is 2.52. The highest BCUT2D eigenvalue weighted by atomic mass is 32.1. The summed E-state index contributed by atoms with van der Waals surface area (Å²) >= 11 is 1.26. The molecule has 0 saturated heterocycles. The van der Waals surface area contributed by atoms with Gasteiger partial charge in [-0.15, -0.1) is 11.3 Å². The van der Waals surface area contributed by atoms with Gasteiger partial charge in [-0.2, -0.15) is 0 Å². The molecule has 29 heavy (non-hydrogen) atoms. The minimum absolute atomic E-state index is 0.306. The molecule has 4 rings (SSSR count). The van der Waals surface area contributed by atoms with Crippen LogP contribution in [0.3, 0.4) is 0 Å². The van der Waals surface area contributed by atoms with E-state index < -0.39 is 5.97 Å². The summed E-state index contributed by atoms with van der Waals surface area (Å²) in [5.41, 5.74) is 1.93. The molecule has 6 nitrogen and oxygen atoms in total. The van der Waals surface area contributed by atoms with Gasteiger partial charge < -0.3 is 14.2 Å². The second-order valence-electron chi connectivity index (χ2n) is 6.51. The van der Waals surface area contributed by atoms with Crippen molar-refractivity contribution in [3.8, 4) is 22.1 Å². The van der Waals surface area contributed by atoms with Gasteiger partial charge in [-0.25, -0.2) is 9.78 Å². The normalized spacial score (nSPS) is 12.9. The Hall–Kier alpha value is -3.19. The quantitative estimate of drug-likeness (QED) is 0.462. The van der Waals surface area contributed by atoms with E-state index in [9.17, 15) is 9.59 Å². The summed E-state index contributed by atoms with van der Waals surface area (Å²) in [6.07, 6.45) is 0.786. The second-order valence-corrected chi connectivity index (χ2v) is 7.51. The van der Waals surface area contributed by atoms with Crippen molar-refractivity contribution in [3.05, 3.63) is 64.7 Å². The molecule has 148 valence electrons. The van der Waals surface area contributed by atoms with Crippen molar-refractivity contribution >= 4 is 23.1 Å². The number of hydrogen-bond acceptors (Lipinski definition) is 7. The van der Waals surface area contributed by atoms with E-state index in [1.807, 2.05) is 30.3 Å². The number of nitrogens with zero attached hydrogens (tertiary/aromatic N) is 1. The molecule has 0 fully saturated rings. The minimum atomic E-state index is -0.551. The number of benzene rings is 2. The van der Waals surface area contributed by atoms with Crippen molar-refractivity contribution in [3.63, 3.8) is 0 Å². The molecule has 7 heteroatoms. The van der Waals surface area contributed by atoms with Crippen LogP contribution in [-0.4, -0.2) is 36.6 Å². The van der Waals surface area contributed by atoms with E-state index in [0.717, 1.165) is 17.0 Å². The van der Waals surface area contributed by atoms with Crippen LogP contribution in [-0.2, 0) is 4.74 Å². The number of hydrogen-bond donors (Lipinski definition) is 0. The number of carbonyl (C=O) groups is 2. The van der Waals surface area contributed by atoms with Crippen LogP contribution in [0.1, 0.15) is 32.1 Å². The Morgan fingerprint density at radius 3 is 2.62 bits per heavy atom. The first kappa shape index (κ1) is 19.1. The van der Waals surface area contributed by atoms with Gasteiger partial charge in [0.1, 0.15) is 9.88 Å². The van der Waals surface area contributed by atoms with Crippen LogP contribution in [0, 0.1) is 6.92 Å². The maximum Gasteiger partial charge on any atom is 0.350 e. The summed E-state index contributed by atoms with van der Waals surface area (Å²) in [7, 11) is 0. The lowest BCUT2D eigenvalue weighted by atomic mass is 10.1. The number of ketones is 1. The van der Waals surface area contributed by atoms with Crippen molar-refractivity contribution < 1.29 is 23.8 Å². The molecule has 0 amide bonds. The number of thiazole rings is 1. The van der Waals surface area contributed by atoms with Gasteiger partial charge in [-0.3, -0.25) is 4.79 Å². The third-order valence-corrected chi connectivity index (χ3v) is 5.59. The molecule has 0 bridgehead atoms. The molecule has 3 aromatic rings. The van der Waals surface area contributed by atoms with Gasteiger partial charge in [0.25, 0.3) is 0 Å². The zero-order valence-electron chi connectivity index (χ0n) is 15.8. The number of Topliss-reactive ketones (excluding diaryl/α,β-unsaturated/α-hetero) is 1. The molecule has 0 aliphatic carbocycles. The summed E-state index contributed by atoms with van der Waals surface area (Å²) in [4.78, 5) is 29.8. The molecule has 0 N–H and O–H groups in total. The molecule has 0 spiro atoms. The summed E-state index contributed by atoms with van der Waals surface area (Å²) in [5.74, 6) is 0.291. The fraction of sp³-hybridized carbons (Fsp3) is 0.227. The molecule has 0 radical (unpaired) electrons. The Balaban J connectivity index is 1.43. The SMILES string of the molecule is Cc1nc(-c2ccccc2)sc1C(=O)OCC(=O)c1ccc2c(c1)OCCCO2. The highest BCUT2D eigenvalue weighted by Gasteiger charge is 2.20. The molecule has 2 heterocycles. The molecule has 0 atom stereocenters. The van der Waals surface area contributed by atoms with E-state index >= 15 is 0 Å². The predicted octanol–water partition coefficient (Wildman–Crippen LogP) is 4.32. The van der Waals surface area contributed by atoms with Crippen molar-refractivity contribution in [1.29, 1.82) is 0 Å². The maximum atomic E-state index is 12.5. The van der Waals surface area contributed by atoms with Crippen LogP contribution in [0.5, 0.6) is 11.5 Å². The first-order valence-electron chi connectivity index (χ1n) is 9.24. The molecule has 0 saturated carbocycles. The first-order chi connectivity index (χ1) is 14.1. The van der Waals surface area contributed by atoms with Crippen LogP contribution in [0.25, 0.3) is 10.6 Å². The molecule has 1 aromatic heterocycles. The molecular formula is C22H19NO5S. The Labute approximate surface area is 172 Å². The summed E-state index contributed by atoms with van der Waals surface area (Å²) in [5, 5.41) is 0.740. The number of ether oxygens (including phenoxy) is 3. The van der Waals surface area contributed by atoms with Crippen molar-refractivity contribution in [2.45, 2.75) is 13.3 Å². The molecular weight excluding hydrogens is 390 g/mol. The minimum Gasteiger partial charge on any atom is -0.490 e. The van der Waals surface area contributed by atoms with Gasteiger partial charge >= 0.3 is 5.97 Å². The average Bonchev–Trinajstić information content (AvgIpc) is 2.99. The Kier molecular flexibility index (Phi) is 5.57. The van der Waals surface area contributed by atoms with Crippen LogP contribution < -0.4 is 9.47 Å². The number of esters is 1. The zero-order chi connectivity index (χ0) is 20.2. The lowest BCUT2D eigenvalue weighted by molar-refractivity contribution is 0.0478. The third kappa shape index (κ3) is 4.30. The van der Waals surface area contributed by atoms with E-state index in [0.29, 0.717) is 40.8 Å². The van der Waals surface area contributed by atoms with Crippen molar-refractivity contribution in [2.24, 2.45) is 0 Å². The smallest absolute Gasteiger partial charge is 0.350 e.